The third-order valence-corrected chi connectivity index (χ3v) is 4.38. The summed E-state index contributed by atoms with van der Waals surface area (Å²) in [6.45, 7) is -1.03. The monoisotopic (exact) mass is 806 g/mol. The molecule has 1 rings (SSSR count). The highest BCUT2D eigenvalue weighted by Crippen LogP contribution is 2.07. The van der Waals surface area contributed by atoms with Crippen LogP contribution in [-0.2, 0) is 181 Å². The highest BCUT2D eigenvalue weighted by molar-refractivity contribution is 7.86. The molecule has 37 nitrogen and oxygen atoms in total. The van der Waals surface area contributed by atoms with Crippen molar-refractivity contribution in [1.82, 2.24) is 0 Å². The van der Waals surface area contributed by atoms with Gasteiger partial charge in [-0.3, -0.25) is 4.79 Å². The summed E-state index contributed by atoms with van der Waals surface area (Å²) in [6, 6.07) is 6.33. The number of benzene rings is 1. The third-order valence-electron chi connectivity index (χ3n) is 3.45. The molecule has 298 valence electrons. The maximum Gasteiger partial charge on any atom is 0.338 e. The van der Waals surface area contributed by atoms with Gasteiger partial charge in [0.05, 0.1) is 19.8 Å². The van der Waals surface area contributed by atoms with Gasteiger partial charge in [0.15, 0.2) is 0 Å². The molecule has 0 unspecified atom stereocenters. The Kier molecular flexibility index (Phi) is 30.5. The second-order valence-electron chi connectivity index (χ2n) is 6.32. The molecule has 52 heavy (non-hydrogen) atoms. The van der Waals surface area contributed by atoms with Crippen LogP contribution in [0.4, 0.5) is 0 Å². The Morgan fingerprint density at radius 1 is 0.558 bits per heavy atom. The first-order valence-electron chi connectivity index (χ1n) is 11.4. The van der Waals surface area contributed by atoms with Crippen molar-refractivity contribution in [2.45, 2.75) is 12.7 Å². The van der Waals surface area contributed by atoms with E-state index in [1.165, 1.54) is 12.1 Å². The molecule has 0 aliphatic carbocycles. The summed E-state index contributed by atoms with van der Waals surface area (Å²) in [6.07, 6.45) is -0.167. The quantitative estimate of drug-likeness (QED) is 0.0255. The third kappa shape index (κ3) is 29.5. The second-order valence-corrected chi connectivity index (χ2v) is 7.98. The highest BCUT2D eigenvalue weighted by atomic mass is 32.2. The average molecular weight is 806 g/mol. The van der Waals surface area contributed by atoms with Gasteiger partial charge < -0.3 is 9.47 Å². The number of carbonyl (C=O) groups excluding carboxylic acids is 2. The van der Waals surface area contributed by atoms with E-state index < -0.39 is 34.4 Å². The smallest absolute Gasteiger partial charge is 0.338 e. The zero-order valence-corrected chi connectivity index (χ0v) is 24.8. The Balaban J connectivity index is 1.79. The predicted molar refractivity (Wildman–Crippen MR) is 111 cm³/mol. The largest absolute Gasteiger partial charge is 0.464 e. The van der Waals surface area contributed by atoms with Gasteiger partial charge >= 0.3 is 11.9 Å². The van der Waals surface area contributed by atoms with Crippen molar-refractivity contribution in [3.05, 3.63) is 35.4 Å². The lowest BCUT2D eigenvalue weighted by Crippen LogP contribution is -2.19. The zero-order chi connectivity index (χ0) is 37.8. The van der Waals surface area contributed by atoms with E-state index in [0.29, 0.717) is 5.56 Å². The zero-order valence-electron chi connectivity index (χ0n) is 24.0. The maximum atomic E-state index is 12.0. The van der Waals surface area contributed by atoms with Gasteiger partial charge in [0.1, 0.15) is 19.0 Å². The number of hydrogen-bond acceptors (Lipinski definition) is 37. The van der Waals surface area contributed by atoms with Crippen LogP contribution in [0.25, 0.3) is 0 Å². The molecule has 0 aliphatic rings. The lowest BCUT2D eigenvalue weighted by molar-refractivity contribution is -0.905. The molecule has 0 aliphatic heterocycles. The average Bonchev–Trinajstić information content (AvgIpc) is 3.14. The molecule has 0 fully saturated rings. The van der Waals surface area contributed by atoms with Crippen LogP contribution in [0.1, 0.15) is 22.3 Å². The van der Waals surface area contributed by atoms with Crippen LogP contribution in [0, 0.1) is 0 Å². The molecule has 1 aromatic carbocycles. The fourth-order valence-electron chi connectivity index (χ4n) is 1.86. The molecule has 0 heterocycles. The first-order valence-corrected chi connectivity index (χ1v) is 13.0. The van der Waals surface area contributed by atoms with E-state index in [-0.39, 0.29) is 24.9 Å². The number of rotatable bonds is 38. The minimum Gasteiger partial charge on any atom is -0.464 e. The fraction of sp³-hybridized carbons (Fsp3) is 0.385. The molecular weight excluding hydrogens is 791 g/mol. The molecule has 39 heteroatoms. The maximum absolute atomic E-state index is 12.0. The summed E-state index contributed by atoms with van der Waals surface area (Å²) in [5.41, 5.74) is 0.923. The number of esters is 2. The van der Waals surface area contributed by atoms with Crippen molar-refractivity contribution in [2.24, 2.45) is 0 Å². The summed E-state index contributed by atoms with van der Waals surface area (Å²) in [7, 11) is 1.01. The highest BCUT2D eigenvalue weighted by Gasteiger charge is 2.16. The number of ether oxygens (including phenoxy) is 2. The van der Waals surface area contributed by atoms with Crippen LogP contribution < -0.4 is 0 Å². The number of hydrogen-bond donors (Lipinski definition) is 1. The summed E-state index contributed by atoms with van der Waals surface area (Å²) >= 11 is 0. The molecule has 0 amide bonds. The Labute approximate surface area is 281 Å². The van der Waals surface area contributed by atoms with Crippen molar-refractivity contribution in [3.63, 3.8) is 0 Å². The molecule has 0 aromatic heterocycles. The molecule has 0 spiro atoms. The Morgan fingerprint density at radius 2 is 0.962 bits per heavy atom. The fourth-order valence-corrected chi connectivity index (χ4v) is 2.32. The van der Waals surface area contributed by atoms with Crippen LogP contribution in [0.2, 0.25) is 0 Å². The van der Waals surface area contributed by atoms with Gasteiger partial charge in [-0.05, 0) is 92.7 Å². The van der Waals surface area contributed by atoms with E-state index in [1.807, 2.05) is 0 Å². The van der Waals surface area contributed by atoms with Crippen LogP contribution in [-0.4, -0.2) is 52.4 Å². The standard InChI is InChI=1S/C13H15BO37S/c14-9-10-2-1-3-11(8-10)13(16)21-5-4-12(15)20-6-7-52(18,19)51-50-49-48-47-46-45-44-43-42-41-40-39-38-37-36-35-34-33-32-31-30-29-28-27-26-25-24-23-22-17/h1-3,8,17H,4-7,9H2. The van der Waals surface area contributed by atoms with Crippen molar-refractivity contribution in [2.75, 3.05) is 19.0 Å². The molecule has 0 saturated carbocycles. The molecule has 0 saturated heterocycles. The Bertz CT molecular complexity index is 1110. The molecule has 1 N–H and O–H groups in total. The van der Waals surface area contributed by atoms with Crippen molar-refractivity contribution < 1.29 is 183 Å². The minimum absolute atomic E-state index is 0.211. The van der Waals surface area contributed by atoms with E-state index in [4.69, 9.17) is 17.8 Å². The normalized spacial score (nSPS) is 11.6. The predicted octanol–water partition coefficient (Wildman–Crippen LogP) is -1.72. The van der Waals surface area contributed by atoms with E-state index in [9.17, 15) is 18.0 Å². The molecule has 0 bridgehead atoms. The lowest BCUT2D eigenvalue weighted by Gasteiger charge is -2.07. The van der Waals surface area contributed by atoms with Crippen LogP contribution in [0.5, 0.6) is 0 Å². The molecule has 2 radical (unpaired) electrons. The molecule has 1 aromatic rings. The van der Waals surface area contributed by atoms with Crippen LogP contribution in [0.3, 0.4) is 0 Å². The van der Waals surface area contributed by atoms with Gasteiger partial charge in [-0.25, -0.2) is 10.1 Å². The van der Waals surface area contributed by atoms with Gasteiger partial charge in [0.2, 0.25) is 0 Å². The molecule has 0 atom stereocenters. The van der Waals surface area contributed by atoms with Crippen LogP contribution in [0.15, 0.2) is 24.3 Å². The Morgan fingerprint density at radius 3 is 1.37 bits per heavy atom. The van der Waals surface area contributed by atoms with Gasteiger partial charge in [-0.15, -0.1) is 0 Å². The first kappa shape index (κ1) is 47.0. The summed E-state index contributed by atoms with van der Waals surface area (Å²) in [4.78, 5) is 23.6. The second kappa shape index (κ2) is 33.8. The van der Waals surface area contributed by atoms with Gasteiger partial charge in [0.25, 0.3) is 10.1 Å². The summed E-state index contributed by atoms with van der Waals surface area (Å²) in [5.74, 6) is -2.50. The Hall–Kier alpha value is -3.07. The van der Waals surface area contributed by atoms with Gasteiger partial charge in [-0.1, -0.05) is 28.4 Å². The lowest BCUT2D eigenvalue weighted by atomic mass is 9.96. The van der Waals surface area contributed by atoms with Crippen molar-refractivity contribution in [3.8, 4) is 0 Å². The van der Waals surface area contributed by atoms with Gasteiger partial charge in [0, 0.05) is 65.5 Å². The van der Waals surface area contributed by atoms with E-state index in [2.05, 4.69) is 155 Å². The SMILES string of the molecule is [B]Cc1cccc(C(=O)OCCC(=O)OCCS(=O)(=O)OOOOOOOOOOOOOOOOOOOOOOOOOOOOOOO)c1. The first-order chi connectivity index (χ1) is 25.4. The van der Waals surface area contributed by atoms with Crippen LogP contribution >= 0.6 is 0 Å². The van der Waals surface area contributed by atoms with E-state index >= 15 is 0 Å². The topological polar surface area (TPSA) is 384 Å². The van der Waals surface area contributed by atoms with E-state index in [0.717, 1.165) is 0 Å². The van der Waals surface area contributed by atoms with E-state index in [1.54, 1.807) is 12.1 Å². The van der Waals surface area contributed by atoms with Crippen molar-refractivity contribution in [1.29, 1.82) is 0 Å². The van der Waals surface area contributed by atoms with Crippen molar-refractivity contribution >= 4 is 29.9 Å². The summed E-state index contributed by atoms with van der Waals surface area (Å²) < 4.78 is 36.6. The number of carbonyl (C=O) groups is 2. The summed E-state index contributed by atoms with van der Waals surface area (Å²) in [5, 5.41) is 108. The van der Waals surface area contributed by atoms with Gasteiger partial charge in [-0.2, -0.15) is 8.42 Å². The molecular formula is C13H15BO37S. The minimum atomic E-state index is -4.49.